The molecule has 0 atom stereocenters. The van der Waals surface area contributed by atoms with E-state index in [1.165, 1.54) is 6.21 Å². The Kier molecular flexibility index (Phi) is 2.87. The summed E-state index contributed by atoms with van der Waals surface area (Å²) in [6, 6.07) is -0.568. The van der Waals surface area contributed by atoms with Crippen LogP contribution in [0.25, 0.3) is 0 Å². The van der Waals surface area contributed by atoms with Gasteiger partial charge in [-0.05, 0) is 0 Å². The average molecular weight is 149 g/mol. The minimum Gasteiger partial charge on any atom is -0.276 e. The summed E-state index contributed by atoms with van der Waals surface area (Å²) in [6.45, 7) is 0. The molecule has 1 heterocycles. The van der Waals surface area contributed by atoms with Crippen LogP contribution in [0.5, 0.6) is 0 Å². The van der Waals surface area contributed by atoms with Gasteiger partial charge in [0.05, 0.1) is 6.42 Å². The Morgan fingerprint density at radius 3 is 2.56 bits per heavy atom. The highest BCUT2D eigenvalue weighted by atomic mass is 35.5. The first-order valence-electron chi connectivity index (χ1n) is 2.15. The van der Waals surface area contributed by atoms with Crippen LogP contribution in [0.3, 0.4) is 0 Å². The van der Waals surface area contributed by atoms with Crippen molar-refractivity contribution in [3.8, 4) is 0 Å². The molecular formula is C4H5ClN2O2. The lowest BCUT2D eigenvalue weighted by Crippen LogP contribution is -2.31. The van der Waals surface area contributed by atoms with Gasteiger partial charge in [-0.25, -0.2) is 9.79 Å². The lowest BCUT2D eigenvalue weighted by atomic mass is 10.4. The van der Waals surface area contributed by atoms with E-state index in [9.17, 15) is 9.59 Å². The van der Waals surface area contributed by atoms with Gasteiger partial charge in [0, 0.05) is 6.21 Å². The van der Waals surface area contributed by atoms with E-state index in [0.717, 1.165) is 0 Å². The molecule has 0 radical (unpaired) electrons. The normalized spacial score (nSPS) is 16.4. The van der Waals surface area contributed by atoms with Crippen molar-refractivity contribution in [3.05, 3.63) is 0 Å². The molecule has 4 nitrogen and oxygen atoms in total. The van der Waals surface area contributed by atoms with E-state index in [0.29, 0.717) is 0 Å². The number of amides is 3. The highest BCUT2D eigenvalue weighted by Crippen LogP contribution is 1.84. The smallest absolute Gasteiger partial charge is 0.276 e. The Morgan fingerprint density at radius 1 is 1.56 bits per heavy atom. The molecule has 0 fully saturated rings. The largest absolute Gasteiger partial charge is 0.347 e. The van der Waals surface area contributed by atoms with Gasteiger partial charge in [-0.1, -0.05) is 0 Å². The minimum absolute atomic E-state index is 0. The maximum atomic E-state index is 10.3. The third-order valence-corrected chi connectivity index (χ3v) is 0.732. The zero-order chi connectivity index (χ0) is 5.98. The van der Waals surface area contributed by atoms with E-state index >= 15 is 0 Å². The van der Waals surface area contributed by atoms with Crippen LogP contribution in [0.2, 0.25) is 0 Å². The number of carbonyl (C=O) groups excluding carboxylic acids is 2. The molecule has 0 saturated heterocycles. The number of imide groups is 1. The highest BCUT2D eigenvalue weighted by molar-refractivity contribution is 6.07. The average Bonchev–Trinajstić information content (AvgIpc) is 1.64. The molecule has 1 N–H and O–H groups in total. The molecule has 0 aromatic carbocycles. The summed E-state index contributed by atoms with van der Waals surface area (Å²) < 4.78 is 0. The number of halogens is 1. The van der Waals surface area contributed by atoms with Gasteiger partial charge in [0.2, 0.25) is 5.91 Å². The number of aliphatic imine (C=N–C) groups is 1. The van der Waals surface area contributed by atoms with E-state index in [2.05, 4.69) is 4.99 Å². The van der Waals surface area contributed by atoms with Gasteiger partial charge in [-0.15, -0.1) is 12.4 Å². The molecule has 1 aliphatic rings. The Morgan fingerprint density at radius 2 is 2.22 bits per heavy atom. The topological polar surface area (TPSA) is 58.5 Å². The first-order valence-corrected chi connectivity index (χ1v) is 2.15. The molecule has 1 aliphatic heterocycles. The van der Waals surface area contributed by atoms with Crippen molar-refractivity contribution in [2.45, 2.75) is 6.42 Å². The number of carbonyl (C=O) groups is 2. The Hall–Kier alpha value is -0.900. The van der Waals surface area contributed by atoms with E-state index < -0.39 is 6.03 Å². The number of nitrogens with one attached hydrogen (secondary N) is 1. The van der Waals surface area contributed by atoms with E-state index in [4.69, 9.17) is 0 Å². The molecule has 9 heavy (non-hydrogen) atoms. The van der Waals surface area contributed by atoms with Crippen LogP contribution in [0.1, 0.15) is 6.42 Å². The van der Waals surface area contributed by atoms with Gasteiger partial charge in [0.1, 0.15) is 0 Å². The molecule has 0 aromatic rings. The predicted molar refractivity (Wildman–Crippen MR) is 33.9 cm³/mol. The lowest BCUT2D eigenvalue weighted by molar-refractivity contribution is -0.118. The lowest BCUT2D eigenvalue weighted by Gasteiger charge is -1.99. The zero-order valence-electron chi connectivity index (χ0n) is 4.46. The molecule has 1 rings (SSSR count). The third-order valence-electron chi connectivity index (χ3n) is 0.732. The molecule has 0 spiro atoms. The van der Waals surface area contributed by atoms with Gasteiger partial charge in [0.25, 0.3) is 0 Å². The van der Waals surface area contributed by atoms with Crippen molar-refractivity contribution in [1.29, 1.82) is 0 Å². The van der Waals surface area contributed by atoms with Gasteiger partial charge in [0.15, 0.2) is 0 Å². The standard InChI is InChI=1S/C4H4N2O2.ClH/c7-3-1-2-5-4(8)6-3;/h2H,1H2,(H,6,7,8);1H. The summed E-state index contributed by atoms with van der Waals surface area (Å²) in [4.78, 5) is 23.7. The minimum atomic E-state index is -0.568. The van der Waals surface area contributed by atoms with Crippen LogP contribution in [-0.4, -0.2) is 18.2 Å². The first-order chi connectivity index (χ1) is 3.79. The van der Waals surface area contributed by atoms with Crippen LogP contribution in [0.4, 0.5) is 4.79 Å². The van der Waals surface area contributed by atoms with Crippen LogP contribution in [0.15, 0.2) is 4.99 Å². The third kappa shape index (κ3) is 2.23. The molecular weight excluding hydrogens is 144 g/mol. The number of hydrogen-bond donors (Lipinski definition) is 1. The summed E-state index contributed by atoms with van der Waals surface area (Å²) in [5.74, 6) is -0.287. The van der Waals surface area contributed by atoms with Crippen molar-refractivity contribution < 1.29 is 9.59 Å². The molecule has 0 aromatic heterocycles. The Labute approximate surface area is 57.7 Å². The molecule has 0 unspecified atom stereocenters. The van der Waals surface area contributed by atoms with Gasteiger partial charge in [-0.3, -0.25) is 10.1 Å². The fraction of sp³-hybridized carbons (Fsp3) is 0.250. The van der Waals surface area contributed by atoms with Gasteiger partial charge in [-0.2, -0.15) is 0 Å². The van der Waals surface area contributed by atoms with Crippen LogP contribution >= 0.6 is 12.4 Å². The molecule has 5 heteroatoms. The summed E-state index contributed by atoms with van der Waals surface area (Å²) in [6.07, 6.45) is 1.51. The Bertz CT molecular complexity index is 166. The summed E-state index contributed by atoms with van der Waals surface area (Å²) >= 11 is 0. The number of urea groups is 1. The Balaban J connectivity index is 0.000000640. The van der Waals surface area contributed by atoms with Gasteiger partial charge >= 0.3 is 6.03 Å². The van der Waals surface area contributed by atoms with Crippen molar-refractivity contribution in [3.63, 3.8) is 0 Å². The fourth-order valence-electron chi connectivity index (χ4n) is 0.414. The van der Waals surface area contributed by atoms with Crippen LogP contribution in [-0.2, 0) is 4.79 Å². The van der Waals surface area contributed by atoms with Crippen molar-refractivity contribution in [2.24, 2.45) is 4.99 Å². The SMILES string of the molecule is Cl.O=C1CC=NC(=O)N1. The van der Waals surface area contributed by atoms with Crippen molar-refractivity contribution in [2.75, 3.05) is 0 Å². The second-order valence-corrected chi connectivity index (χ2v) is 1.37. The number of hydrogen-bond acceptors (Lipinski definition) is 2. The van der Waals surface area contributed by atoms with Gasteiger partial charge < -0.3 is 0 Å². The molecule has 0 saturated carbocycles. The highest BCUT2D eigenvalue weighted by Gasteiger charge is 2.07. The van der Waals surface area contributed by atoms with Crippen molar-refractivity contribution in [1.82, 2.24) is 5.32 Å². The molecule has 3 amide bonds. The summed E-state index contributed by atoms with van der Waals surface area (Å²) in [5.41, 5.74) is 0. The monoisotopic (exact) mass is 148 g/mol. The summed E-state index contributed by atoms with van der Waals surface area (Å²) in [7, 11) is 0. The summed E-state index contributed by atoms with van der Waals surface area (Å²) in [5, 5.41) is 2.00. The fourth-order valence-corrected chi connectivity index (χ4v) is 0.414. The van der Waals surface area contributed by atoms with E-state index in [1.807, 2.05) is 5.32 Å². The first kappa shape index (κ1) is 8.10. The second-order valence-electron chi connectivity index (χ2n) is 1.37. The van der Waals surface area contributed by atoms with Crippen LogP contribution < -0.4 is 5.32 Å². The van der Waals surface area contributed by atoms with Crippen molar-refractivity contribution >= 4 is 30.6 Å². The second kappa shape index (κ2) is 3.19. The van der Waals surface area contributed by atoms with E-state index in [1.54, 1.807) is 0 Å². The van der Waals surface area contributed by atoms with E-state index in [-0.39, 0.29) is 24.7 Å². The number of nitrogens with zero attached hydrogens (tertiary/aromatic N) is 1. The quantitative estimate of drug-likeness (QED) is 0.531. The molecule has 50 valence electrons. The maximum absolute atomic E-state index is 10.3. The predicted octanol–water partition coefficient (Wildman–Crippen LogP) is 0.119. The number of rotatable bonds is 0. The zero-order valence-corrected chi connectivity index (χ0v) is 5.27. The van der Waals surface area contributed by atoms with Crippen LogP contribution in [0, 0.1) is 0 Å². The molecule has 0 aliphatic carbocycles. The maximum Gasteiger partial charge on any atom is 0.347 e. The molecule has 0 bridgehead atoms.